The number of hydrogen-bond donors (Lipinski definition) is 1. The highest BCUT2D eigenvalue weighted by Gasteiger charge is 2.09. The molecule has 1 N–H and O–H groups in total. The molecule has 0 unspecified atom stereocenters. The van der Waals surface area contributed by atoms with E-state index >= 15 is 0 Å². The first-order chi connectivity index (χ1) is 10.1. The fourth-order valence-corrected chi connectivity index (χ4v) is 3.50. The maximum Gasteiger partial charge on any atom is 0.211 e. The smallest absolute Gasteiger partial charge is 0.211 e. The van der Waals surface area contributed by atoms with E-state index in [2.05, 4.69) is 9.71 Å². The fraction of sp³-hybridized carbons (Fsp3) is 0.400. The molecule has 21 heavy (non-hydrogen) atoms. The van der Waals surface area contributed by atoms with E-state index in [4.69, 9.17) is 11.6 Å². The average molecular weight is 327 g/mol. The molecular weight excluding hydrogens is 308 g/mol. The molecule has 0 aliphatic rings. The molecule has 2 rings (SSSR count). The molecule has 0 spiro atoms. The molecule has 0 fully saturated rings. The van der Waals surface area contributed by atoms with E-state index in [-0.39, 0.29) is 5.75 Å². The van der Waals surface area contributed by atoms with Crippen LogP contribution in [0.1, 0.15) is 18.4 Å². The number of rotatable bonds is 8. The number of alkyl halides is 1. The van der Waals surface area contributed by atoms with Crippen LogP contribution in [0.3, 0.4) is 0 Å². The van der Waals surface area contributed by atoms with E-state index < -0.39 is 10.0 Å². The van der Waals surface area contributed by atoms with Gasteiger partial charge in [0.1, 0.15) is 0 Å². The normalized spacial score (nSPS) is 11.9. The molecule has 0 aliphatic heterocycles. The Bertz CT molecular complexity index is 684. The van der Waals surface area contributed by atoms with E-state index in [0.717, 1.165) is 22.9 Å². The van der Waals surface area contributed by atoms with Gasteiger partial charge < -0.3 is 0 Å². The number of para-hydroxylation sites is 1. The van der Waals surface area contributed by atoms with E-state index in [1.54, 1.807) is 6.20 Å². The number of halogens is 1. The van der Waals surface area contributed by atoms with Crippen LogP contribution in [-0.2, 0) is 16.4 Å². The van der Waals surface area contributed by atoms with Gasteiger partial charge in [-0.2, -0.15) is 0 Å². The zero-order valence-electron chi connectivity index (χ0n) is 11.8. The van der Waals surface area contributed by atoms with Crippen molar-refractivity contribution in [2.24, 2.45) is 0 Å². The third-order valence-electron chi connectivity index (χ3n) is 3.23. The van der Waals surface area contributed by atoms with Crippen LogP contribution in [0.4, 0.5) is 0 Å². The van der Waals surface area contributed by atoms with Gasteiger partial charge in [-0.1, -0.05) is 24.3 Å². The van der Waals surface area contributed by atoms with Crippen LogP contribution < -0.4 is 4.72 Å². The van der Waals surface area contributed by atoms with Crippen LogP contribution in [0.25, 0.3) is 10.9 Å². The van der Waals surface area contributed by atoms with Gasteiger partial charge in [-0.3, -0.25) is 4.98 Å². The summed E-state index contributed by atoms with van der Waals surface area (Å²) in [5, 5.41) is 1.07. The molecule has 1 aromatic heterocycles. The molecule has 0 radical (unpaired) electrons. The first-order valence-corrected chi connectivity index (χ1v) is 9.17. The summed E-state index contributed by atoms with van der Waals surface area (Å²) in [7, 11) is -3.21. The predicted molar refractivity (Wildman–Crippen MR) is 87.2 cm³/mol. The Balaban J connectivity index is 1.93. The van der Waals surface area contributed by atoms with Gasteiger partial charge in [0.25, 0.3) is 0 Å². The molecule has 0 atom stereocenters. The molecule has 0 amide bonds. The summed E-state index contributed by atoms with van der Waals surface area (Å²) >= 11 is 5.55. The van der Waals surface area contributed by atoms with Crippen molar-refractivity contribution in [2.75, 3.05) is 18.2 Å². The molecular formula is C15H19ClN2O2S. The van der Waals surface area contributed by atoms with Gasteiger partial charge in [0, 0.05) is 24.0 Å². The summed E-state index contributed by atoms with van der Waals surface area (Å²) in [6.45, 7) is 0.388. The van der Waals surface area contributed by atoms with Gasteiger partial charge in [0.2, 0.25) is 10.0 Å². The molecule has 6 heteroatoms. The molecule has 1 heterocycles. The van der Waals surface area contributed by atoms with E-state index in [1.165, 1.54) is 0 Å². The van der Waals surface area contributed by atoms with Crippen molar-refractivity contribution in [1.29, 1.82) is 0 Å². The molecule has 1 aromatic carbocycles. The van der Waals surface area contributed by atoms with Gasteiger partial charge in [0.05, 0.1) is 11.3 Å². The lowest BCUT2D eigenvalue weighted by Crippen LogP contribution is -2.28. The average Bonchev–Trinajstić information content (AvgIpc) is 2.47. The van der Waals surface area contributed by atoms with E-state index in [0.29, 0.717) is 25.3 Å². The Morgan fingerprint density at radius 1 is 1.14 bits per heavy atom. The first kappa shape index (κ1) is 16.2. The number of hydrogen-bond acceptors (Lipinski definition) is 3. The minimum absolute atomic E-state index is 0.132. The predicted octanol–water partition coefficient (Wildman–Crippen LogP) is 2.72. The molecule has 4 nitrogen and oxygen atoms in total. The second-order valence-electron chi connectivity index (χ2n) is 4.85. The molecule has 2 aromatic rings. The second-order valence-corrected chi connectivity index (χ2v) is 7.16. The maximum atomic E-state index is 11.8. The minimum atomic E-state index is -3.21. The number of unbranched alkanes of at least 4 members (excludes halogenated alkanes) is 1. The second kappa shape index (κ2) is 7.73. The summed E-state index contributed by atoms with van der Waals surface area (Å²) < 4.78 is 26.2. The fourth-order valence-electron chi connectivity index (χ4n) is 2.17. The number of nitrogens with one attached hydrogen (secondary N) is 1. The highest BCUT2D eigenvalue weighted by Crippen LogP contribution is 2.16. The standard InChI is InChI=1S/C15H19ClN2O2S/c16-9-1-2-12-21(19,20)18-11-8-14-6-3-5-13-7-4-10-17-15(13)14/h3-7,10,18H,1-2,8-9,11-12H2. The van der Waals surface area contributed by atoms with Crippen molar-refractivity contribution in [3.8, 4) is 0 Å². The molecule has 0 bridgehead atoms. The van der Waals surface area contributed by atoms with Crippen LogP contribution in [0.5, 0.6) is 0 Å². The van der Waals surface area contributed by atoms with Gasteiger partial charge in [-0.05, 0) is 30.9 Å². The SMILES string of the molecule is O=S(=O)(CCCCCl)NCCc1cccc2cccnc12. The summed E-state index contributed by atoms with van der Waals surface area (Å²) in [6, 6.07) is 9.85. The number of benzene rings is 1. The number of aromatic nitrogens is 1. The van der Waals surface area contributed by atoms with Crippen molar-refractivity contribution in [1.82, 2.24) is 9.71 Å². The maximum absolute atomic E-state index is 11.8. The van der Waals surface area contributed by atoms with Crippen molar-refractivity contribution in [2.45, 2.75) is 19.3 Å². The summed E-state index contributed by atoms with van der Waals surface area (Å²) in [5.41, 5.74) is 1.98. The highest BCUT2D eigenvalue weighted by atomic mass is 35.5. The van der Waals surface area contributed by atoms with Crippen molar-refractivity contribution in [3.63, 3.8) is 0 Å². The minimum Gasteiger partial charge on any atom is -0.256 e. The third kappa shape index (κ3) is 4.95. The summed E-state index contributed by atoms with van der Waals surface area (Å²) in [5.74, 6) is 0.630. The van der Waals surface area contributed by atoms with Gasteiger partial charge in [-0.25, -0.2) is 13.1 Å². The van der Waals surface area contributed by atoms with Crippen LogP contribution >= 0.6 is 11.6 Å². The van der Waals surface area contributed by atoms with Crippen LogP contribution in [0.2, 0.25) is 0 Å². The van der Waals surface area contributed by atoms with Crippen LogP contribution in [0, 0.1) is 0 Å². The summed E-state index contributed by atoms with van der Waals surface area (Å²) in [4.78, 5) is 4.37. The zero-order chi connectivity index (χ0) is 15.1. The third-order valence-corrected chi connectivity index (χ3v) is 4.97. The lowest BCUT2D eigenvalue weighted by atomic mass is 10.1. The molecule has 0 saturated heterocycles. The van der Waals surface area contributed by atoms with Gasteiger partial charge >= 0.3 is 0 Å². The van der Waals surface area contributed by atoms with E-state index in [1.807, 2.05) is 30.3 Å². The van der Waals surface area contributed by atoms with Gasteiger partial charge in [0.15, 0.2) is 0 Å². The summed E-state index contributed by atoms with van der Waals surface area (Å²) in [6.07, 6.45) is 3.69. The molecule has 114 valence electrons. The number of pyridine rings is 1. The van der Waals surface area contributed by atoms with E-state index in [9.17, 15) is 8.42 Å². The topological polar surface area (TPSA) is 59.1 Å². The monoisotopic (exact) mass is 326 g/mol. The Kier molecular flexibility index (Phi) is 5.96. The lowest BCUT2D eigenvalue weighted by molar-refractivity contribution is 0.578. The van der Waals surface area contributed by atoms with Crippen LogP contribution in [0.15, 0.2) is 36.5 Å². The molecule has 0 aliphatic carbocycles. The van der Waals surface area contributed by atoms with Crippen LogP contribution in [-0.4, -0.2) is 31.6 Å². The Labute approximate surface area is 130 Å². The highest BCUT2D eigenvalue weighted by molar-refractivity contribution is 7.89. The lowest BCUT2D eigenvalue weighted by Gasteiger charge is -2.08. The Morgan fingerprint density at radius 3 is 2.76 bits per heavy atom. The largest absolute Gasteiger partial charge is 0.256 e. The number of sulfonamides is 1. The zero-order valence-corrected chi connectivity index (χ0v) is 13.3. The molecule has 0 saturated carbocycles. The first-order valence-electron chi connectivity index (χ1n) is 6.98. The van der Waals surface area contributed by atoms with Crippen molar-refractivity contribution in [3.05, 3.63) is 42.1 Å². The van der Waals surface area contributed by atoms with Crippen molar-refractivity contribution < 1.29 is 8.42 Å². The number of nitrogens with zero attached hydrogens (tertiary/aromatic N) is 1. The van der Waals surface area contributed by atoms with Gasteiger partial charge in [-0.15, -0.1) is 11.6 Å². The Morgan fingerprint density at radius 2 is 1.95 bits per heavy atom. The number of fused-ring (bicyclic) bond motifs is 1. The Hall–Kier alpha value is -1.17. The van der Waals surface area contributed by atoms with Crippen molar-refractivity contribution >= 4 is 32.5 Å². The quantitative estimate of drug-likeness (QED) is 0.599.